The first-order valence-electron chi connectivity index (χ1n) is 9.55. The Bertz CT molecular complexity index is 802. The average Bonchev–Trinajstić information content (AvgIpc) is 2.66. The summed E-state index contributed by atoms with van der Waals surface area (Å²) < 4.78 is 5.21. The number of methoxy groups -OCH3 is 1. The van der Waals surface area contributed by atoms with Gasteiger partial charge in [0.1, 0.15) is 0 Å². The van der Waals surface area contributed by atoms with Crippen molar-refractivity contribution in [3.05, 3.63) is 52.3 Å². The number of aromatic nitrogens is 1. The molecule has 2 heterocycles. The van der Waals surface area contributed by atoms with E-state index in [-0.39, 0.29) is 18.4 Å². The number of nitrogens with zero attached hydrogens (tertiary/aromatic N) is 3. The molecule has 1 atom stereocenters. The molecular weight excluding hydrogens is 378 g/mol. The minimum Gasteiger partial charge on any atom is -0.504 e. The SMILES string of the molecule is COc1cc(CN2CCN(Cc3cccc(C)n3)C(CCO)C2)c(Cl)cc1O. The Morgan fingerprint density at radius 1 is 1.25 bits per heavy atom. The summed E-state index contributed by atoms with van der Waals surface area (Å²) in [5, 5.41) is 19.9. The summed E-state index contributed by atoms with van der Waals surface area (Å²) in [7, 11) is 1.53. The van der Waals surface area contributed by atoms with Crippen molar-refractivity contribution in [3.63, 3.8) is 0 Å². The molecule has 1 aromatic heterocycles. The van der Waals surface area contributed by atoms with Crippen LogP contribution in [0.2, 0.25) is 5.02 Å². The third-order valence-corrected chi connectivity index (χ3v) is 5.56. The number of pyridine rings is 1. The standard InChI is InChI=1S/C21H28ClN3O3/c1-15-4-3-5-17(23-15)13-25-8-7-24(14-18(25)6-9-26)12-16-10-21(28-2)20(27)11-19(16)22/h3-5,10-11,18,26-27H,6-9,12-14H2,1-2H3. The van der Waals surface area contributed by atoms with Crippen LogP contribution in [0.4, 0.5) is 0 Å². The number of benzene rings is 1. The maximum Gasteiger partial charge on any atom is 0.160 e. The van der Waals surface area contributed by atoms with Crippen LogP contribution in [0, 0.1) is 6.92 Å². The van der Waals surface area contributed by atoms with Crippen molar-refractivity contribution in [2.24, 2.45) is 0 Å². The zero-order chi connectivity index (χ0) is 20.1. The van der Waals surface area contributed by atoms with E-state index in [1.165, 1.54) is 13.2 Å². The molecule has 7 heteroatoms. The first-order valence-corrected chi connectivity index (χ1v) is 9.93. The normalized spacial score (nSPS) is 18.4. The highest BCUT2D eigenvalue weighted by Crippen LogP contribution is 2.33. The maximum absolute atomic E-state index is 9.86. The number of aryl methyl sites for hydroxylation is 1. The first-order chi connectivity index (χ1) is 13.5. The van der Waals surface area contributed by atoms with Crippen LogP contribution in [-0.4, -0.2) is 64.4 Å². The second-order valence-corrected chi connectivity index (χ2v) is 7.66. The highest BCUT2D eigenvalue weighted by atomic mass is 35.5. The molecule has 1 fully saturated rings. The Labute approximate surface area is 171 Å². The minimum atomic E-state index is 0.0462. The number of hydrogen-bond donors (Lipinski definition) is 2. The van der Waals surface area contributed by atoms with Gasteiger partial charge in [0.25, 0.3) is 0 Å². The van der Waals surface area contributed by atoms with Gasteiger partial charge in [0.15, 0.2) is 11.5 Å². The molecule has 152 valence electrons. The highest BCUT2D eigenvalue weighted by Gasteiger charge is 2.27. The van der Waals surface area contributed by atoms with Crippen LogP contribution in [0.5, 0.6) is 11.5 Å². The van der Waals surface area contributed by atoms with Crippen LogP contribution in [0.25, 0.3) is 0 Å². The van der Waals surface area contributed by atoms with Crippen LogP contribution < -0.4 is 4.74 Å². The summed E-state index contributed by atoms with van der Waals surface area (Å²) in [6.07, 6.45) is 0.717. The third-order valence-electron chi connectivity index (χ3n) is 5.20. The zero-order valence-corrected chi connectivity index (χ0v) is 17.2. The number of phenols is 1. The number of piperazine rings is 1. The summed E-state index contributed by atoms with van der Waals surface area (Å²) in [5.74, 6) is 0.473. The number of rotatable bonds is 7. The van der Waals surface area contributed by atoms with E-state index in [9.17, 15) is 10.2 Å². The molecule has 0 bridgehead atoms. The lowest BCUT2D eigenvalue weighted by atomic mass is 10.1. The van der Waals surface area contributed by atoms with E-state index in [0.717, 1.165) is 49.6 Å². The predicted octanol–water partition coefficient (Wildman–Crippen LogP) is 2.83. The summed E-state index contributed by atoms with van der Waals surface area (Å²) in [4.78, 5) is 9.34. The lowest BCUT2D eigenvalue weighted by molar-refractivity contribution is 0.0491. The lowest BCUT2D eigenvalue weighted by Crippen LogP contribution is -2.52. The van der Waals surface area contributed by atoms with Crippen LogP contribution in [0.3, 0.4) is 0 Å². The molecule has 6 nitrogen and oxygen atoms in total. The topological polar surface area (TPSA) is 69.1 Å². The van der Waals surface area contributed by atoms with Gasteiger partial charge in [0.2, 0.25) is 0 Å². The Kier molecular flexibility index (Phi) is 7.13. The molecule has 0 aliphatic carbocycles. The molecule has 1 unspecified atom stereocenters. The van der Waals surface area contributed by atoms with Crippen molar-refractivity contribution in [2.75, 3.05) is 33.4 Å². The Balaban J connectivity index is 1.68. The summed E-state index contributed by atoms with van der Waals surface area (Å²) in [6.45, 7) is 6.25. The molecule has 2 aromatic rings. The van der Waals surface area contributed by atoms with E-state index in [0.29, 0.717) is 17.3 Å². The minimum absolute atomic E-state index is 0.0462. The van der Waals surface area contributed by atoms with Gasteiger partial charge in [-0.15, -0.1) is 0 Å². The molecule has 28 heavy (non-hydrogen) atoms. The largest absolute Gasteiger partial charge is 0.504 e. The number of ether oxygens (including phenoxy) is 1. The van der Waals surface area contributed by atoms with Crippen molar-refractivity contribution < 1.29 is 14.9 Å². The number of aromatic hydroxyl groups is 1. The van der Waals surface area contributed by atoms with Gasteiger partial charge in [-0.3, -0.25) is 14.8 Å². The van der Waals surface area contributed by atoms with Gasteiger partial charge in [0, 0.05) is 62.2 Å². The number of hydrogen-bond acceptors (Lipinski definition) is 6. The molecule has 0 spiro atoms. The van der Waals surface area contributed by atoms with Crippen molar-refractivity contribution in [2.45, 2.75) is 32.5 Å². The molecule has 1 aliphatic rings. The second kappa shape index (κ2) is 9.56. The fourth-order valence-corrected chi connectivity index (χ4v) is 3.96. The molecule has 1 saturated heterocycles. The fraction of sp³-hybridized carbons (Fsp3) is 0.476. The van der Waals surface area contributed by atoms with E-state index in [1.807, 2.05) is 19.1 Å². The number of aliphatic hydroxyl groups is 1. The van der Waals surface area contributed by atoms with Crippen LogP contribution in [0.1, 0.15) is 23.4 Å². The van der Waals surface area contributed by atoms with Crippen LogP contribution >= 0.6 is 11.6 Å². The Hall–Kier alpha value is -1.86. The van der Waals surface area contributed by atoms with Crippen LogP contribution in [-0.2, 0) is 13.1 Å². The number of phenolic OH excluding ortho intramolecular Hbond substituents is 1. The van der Waals surface area contributed by atoms with Gasteiger partial charge in [-0.05, 0) is 37.1 Å². The second-order valence-electron chi connectivity index (χ2n) is 7.26. The number of halogens is 1. The Morgan fingerprint density at radius 3 is 2.79 bits per heavy atom. The summed E-state index contributed by atoms with van der Waals surface area (Å²) in [5.41, 5.74) is 3.00. The molecule has 0 radical (unpaired) electrons. The van der Waals surface area contributed by atoms with Crippen molar-refractivity contribution in [1.82, 2.24) is 14.8 Å². The van der Waals surface area contributed by atoms with E-state index < -0.39 is 0 Å². The van der Waals surface area contributed by atoms with Crippen molar-refractivity contribution in [3.8, 4) is 11.5 Å². The van der Waals surface area contributed by atoms with Gasteiger partial charge in [-0.1, -0.05) is 17.7 Å². The van der Waals surface area contributed by atoms with Crippen molar-refractivity contribution in [1.29, 1.82) is 0 Å². The van der Waals surface area contributed by atoms with Crippen LogP contribution in [0.15, 0.2) is 30.3 Å². The zero-order valence-electron chi connectivity index (χ0n) is 16.4. The third kappa shape index (κ3) is 5.14. The van der Waals surface area contributed by atoms with Gasteiger partial charge >= 0.3 is 0 Å². The van der Waals surface area contributed by atoms with E-state index in [1.54, 1.807) is 6.07 Å². The monoisotopic (exact) mass is 405 g/mol. The summed E-state index contributed by atoms with van der Waals surface area (Å²) in [6, 6.07) is 9.66. The van der Waals surface area contributed by atoms with E-state index in [4.69, 9.17) is 16.3 Å². The molecule has 3 rings (SSSR count). The maximum atomic E-state index is 9.86. The Morgan fingerprint density at radius 2 is 2.07 bits per heavy atom. The molecule has 2 N–H and O–H groups in total. The van der Waals surface area contributed by atoms with Gasteiger partial charge < -0.3 is 14.9 Å². The van der Waals surface area contributed by atoms with E-state index >= 15 is 0 Å². The molecule has 1 aliphatic heterocycles. The molecular formula is C21H28ClN3O3. The van der Waals surface area contributed by atoms with Gasteiger partial charge in [-0.2, -0.15) is 0 Å². The molecule has 0 saturated carbocycles. The lowest BCUT2D eigenvalue weighted by Gasteiger charge is -2.41. The van der Waals surface area contributed by atoms with E-state index in [2.05, 4.69) is 20.9 Å². The smallest absolute Gasteiger partial charge is 0.160 e. The average molecular weight is 406 g/mol. The fourth-order valence-electron chi connectivity index (χ4n) is 3.74. The van der Waals surface area contributed by atoms with Gasteiger partial charge in [-0.25, -0.2) is 0 Å². The quantitative estimate of drug-likeness (QED) is 0.738. The molecule has 0 amide bonds. The first kappa shape index (κ1) is 20.9. The molecule has 1 aromatic carbocycles. The summed E-state index contributed by atoms with van der Waals surface area (Å²) >= 11 is 6.33. The number of aliphatic hydroxyl groups excluding tert-OH is 1. The van der Waals surface area contributed by atoms with Crippen molar-refractivity contribution >= 4 is 11.6 Å². The highest BCUT2D eigenvalue weighted by molar-refractivity contribution is 6.31. The predicted molar refractivity (Wildman–Crippen MR) is 110 cm³/mol. The van der Waals surface area contributed by atoms with Gasteiger partial charge in [0.05, 0.1) is 12.8 Å².